The van der Waals surface area contributed by atoms with Gasteiger partial charge in [-0.15, -0.1) is 5.10 Å². The number of hydrogen-bond acceptors (Lipinski definition) is 7. The third kappa shape index (κ3) is 5.56. The molecule has 15 heteroatoms. The van der Waals surface area contributed by atoms with Crippen molar-refractivity contribution in [1.29, 1.82) is 0 Å². The maximum Gasteiger partial charge on any atom is 0.392 e. The molecule has 0 fully saturated rings. The molecule has 10 nitrogen and oxygen atoms in total. The highest BCUT2D eigenvalue weighted by Crippen LogP contribution is 2.21. The van der Waals surface area contributed by atoms with E-state index in [1.54, 1.807) is 0 Å². The van der Waals surface area contributed by atoms with Gasteiger partial charge in [0, 0.05) is 25.5 Å². The Balaban J connectivity index is 1.73. The topological polar surface area (TPSA) is 121 Å². The van der Waals surface area contributed by atoms with Crippen LogP contribution in [0.2, 0.25) is 5.15 Å². The van der Waals surface area contributed by atoms with Gasteiger partial charge >= 0.3 is 6.18 Å². The summed E-state index contributed by atoms with van der Waals surface area (Å²) < 4.78 is 70.8. The van der Waals surface area contributed by atoms with Gasteiger partial charge in [-0.2, -0.15) is 18.3 Å². The summed E-state index contributed by atoms with van der Waals surface area (Å²) in [7, 11) is -2.66. The average molecular weight is 493 g/mol. The zero-order valence-corrected chi connectivity index (χ0v) is 18.2. The van der Waals surface area contributed by atoms with E-state index in [0.717, 1.165) is 0 Å². The Morgan fingerprint density at radius 1 is 1.25 bits per heavy atom. The number of nitrogens with zero attached hydrogens (tertiary/aromatic N) is 5. The van der Waals surface area contributed by atoms with Crippen LogP contribution in [0.5, 0.6) is 5.88 Å². The molecular weight excluding hydrogens is 477 g/mol. The number of pyridine rings is 1. The molecule has 0 aromatic carbocycles. The van der Waals surface area contributed by atoms with Crippen molar-refractivity contribution in [3.8, 4) is 11.7 Å². The number of aryl methyl sites for hydroxylation is 2. The van der Waals surface area contributed by atoms with E-state index in [1.165, 1.54) is 53.9 Å². The fourth-order valence-corrected chi connectivity index (χ4v) is 4.00. The summed E-state index contributed by atoms with van der Waals surface area (Å²) in [5, 5.41) is 7.54. The Morgan fingerprint density at radius 2 is 1.97 bits per heavy atom. The van der Waals surface area contributed by atoms with Gasteiger partial charge in [-0.05, 0) is 19.1 Å². The summed E-state index contributed by atoms with van der Waals surface area (Å²) in [5.74, 6) is -0.941. The minimum Gasteiger partial charge on any atom is -0.476 e. The van der Waals surface area contributed by atoms with E-state index in [1.807, 2.05) is 4.72 Å². The third-order valence-corrected chi connectivity index (χ3v) is 5.72. The molecule has 1 N–H and O–H groups in total. The molecule has 0 saturated carbocycles. The van der Waals surface area contributed by atoms with Crippen molar-refractivity contribution in [3.63, 3.8) is 0 Å². The van der Waals surface area contributed by atoms with Crippen molar-refractivity contribution >= 4 is 27.5 Å². The van der Waals surface area contributed by atoms with Crippen LogP contribution in [0.1, 0.15) is 22.5 Å². The van der Waals surface area contributed by atoms with Crippen LogP contribution < -0.4 is 9.46 Å². The summed E-state index contributed by atoms with van der Waals surface area (Å²) >= 11 is 6.04. The zero-order valence-electron chi connectivity index (χ0n) is 16.6. The van der Waals surface area contributed by atoms with Crippen LogP contribution in [0.25, 0.3) is 5.82 Å². The molecule has 0 spiro atoms. The van der Waals surface area contributed by atoms with Crippen LogP contribution in [0.4, 0.5) is 13.2 Å². The number of nitrogens with one attached hydrogen (secondary N) is 1. The van der Waals surface area contributed by atoms with Gasteiger partial charge in [0.1, 0.15) is 10.0 Å². The molecular formula is C17H16ClF3N6O4S. The Labute approximate surface area is 185 Å². The van der Waals surface area contributed by atoms with Gasteiger partial charge in [-0.25, -0.2) is 22.8 Å². The predicted octanol–water partition coefficient (Wildman–Crippen LogP) is 2.41. The lowest BCUT2D eigenvalue weighted by Gasteiger charge is -2.08. The highest BCUT2D eigenvalue weighted by Gasteiger charge is 2.27. The van der Waals surface area contributed by atoms with E-state index in [2.05, 4.69) is 15.2 Å². The number of alkyl halides is 3. The second-order valence-corrected chi connectivity index (χ2v) is 8.52. The Hall–Kier alpha value is -3.13. The van der Waals surface area contributed by atoms with Crippen LogP contribution in [0, 0.1) is 6.92 Å². The number of aromatic nitrogens is 5. The molecule has 0 bridgehead atoms. The van der Waals surface area contributed by atoms with Crippen molar-refractivity contribution in [2.24, 2.45) is 7.05 Å². The standard InChI is InChI=1S/C17H16ClF3N6O4S/c1-10-12(9-26(2)23-10)32(29,30)25-16(28)11-3-4-13(22-15(11)18)27-7-5-14(24-27)31-8-6-17(19,20)21/h3-5,7,9H,6,8H2,1-2H3,(H,25,28). The number of ether oxygens (including phenoxy) is 1. The molecule has 3 aromatic rings. The van der Waals surface area contributed by atoms with Crippen LogP contribution in [0.15, 0.2) is 35.5 Å². The fourth-order valence-electron chi connectivity index (χ4n) is 2.58. The van der Waals surface area contributed by atoms with Crippen molar-refractivity contribution in [1.82, 2.24) is 29.3 Å². The van der Waals surface area contributed by atoms with Crippen LogP contribution in [0.3, 0.4) is 0 Å². The van der Waals surface area contributed by atoms with Crippen molar-refractivity contribution in [2.75, 3.05) is 6.61 Å². The highest BCUT2D eigenvalue weighted by molar-refractivity contribution is 7.90. The van der Waals surface area contributed by atoms with Gasteiger partial charge in [0.25, 0.3) is 15.9 Å². The second-order valence-electron chi connectivity index (χ2n) is 6.51. The Bertz CT molecular complexity index is 1260. The van der Waals surface area contributed by atoms with Gasteiger partial charge < -0.3 is 4.74 Å². The number of carbonyl (C=O) groups excluding carboxylic acids is 1. The number of halogens is 4. The van der Waals surface area contributed by atoms with Gasteiger partial charge in [0.15, 0.2) is 5.82 Å². The second kappa shape index (κ2) is 8.78. The van der Waals surface area contributed by atoms with E-state index in [0.29, 0.717) is 0 Å². The van der Waals surface area contributed by atoms with Crippen LogP contribution >= 0.6 is 11.6 Å². The third-order valence-electron chi connectivity index (χ3n) is 4.00. The van der Waals surface area contributed by atoms with Crippen LogP contribution in [-0.4, -0.2) is 51.7 Å². The van der Waals surface area contributed by atoms with E-state index in [4.69, 9.17) is 16.3 Å². The first kappa shape index (κ1) is 23.5. The van der Waals surface area contributed by atoms with E-state index in [9.17, 15) is 26.4 Å². The molecule has 0 atom stereocenters. The zero-order chi connectivity index (χ0) is 23.7. The van der Waals surface area contributed by atoms with Gasteiger partial charge in [-0.3, -0.25) is 9.48 Å². The molecule has 0 aliphatic heterocycles. The van der Waals surface area contributed by atoms with E-state index >= 15 is 0 Å². The summed E-state index contributed by atoms with van der Waals surface area (Å²) in [6.45, 7) is 0.881. The normalized spacial score (nSPS) is 12.1. The Morgan fingerprint density at radius 3 is 2.56 bits per heavy atom. The van der Waals surface area contributed by atoms with Gasteiger partial charge in [0.05, 0.1) is 24.3 Å². The molecule has 3 aromatic heterocycles. The number of amides is 1. The SMILES string of the molecule is Cc1nn(C)cc1S(=O)(=O)NC(=O)c1ccc(-n2ccc(OCCC(F)(F)F)n2)nc1Cl. The Kier molecular flexibility index (Phi) is 6.46. The van der Waals surface area contributed by atoms with E-state index < -0.39 is 35.1 Å². The lowest BCUT2D eigenvalue weighted by molar-refractivity contribution is -0.139. The molecule has 1 amide bonds. The van der Waals surface area contributed by atoms with E-state index in [-0.39, 0.29) is 33.0 Å². The van der Waals surface area contributed by atoms with Gasteiger partial charge in [0.2, 0.25) is 5.88 Å². The molecule has 0 aliphatic rings. The molecule has 172 valence electrons. The average Bonchev–Trinajstić information content (AvgIpc) is 3.26. The highest BCUT2D eigenvalue weighted by atomic mass is 35.5. The van der Waals surface area contributed by atoms with Crippen LogP contribution in [-0.2, 0) is 17.1 Å². The summed E-state index contributed by atoms with van der Waals surface area (Å²) in [6, 6.07) is 3.89. The predicted molar refractivity (Wildman–Crippen MR) is 105 cm³/mol. The number of sulfonamides is 1. The minimum atomic E-state index is -4.35. The largest absolute Gasteiger partial charge is 0.476 e. The summed E-state index contributed by atoms with van der Waals surface area (Å²) in [6.07, 6.45) is -2.86. The number of rotatable bonds is 7. The van der Waals surface area contributed by atoms with Crippen molar-refractivity contribution in [2.45, 2.75) is 24.4 Å². The maximum absolute atomic E-state index is 12.5. The number of carbonyl (C=O) groups is 1. The lowest BCUT2D eigenvalue weighted by Crippen LogP contribution is -2.31. The molecule has 0 saturated heterocycles. The van der Waals surface area contributed by atoms with Gasteiger partial charge in [-0.1, -0.05) is 11.6 Å². The quantitative estimate of drug-likeness (QED) is 0.503. The van der Waals surface area contributed by atoms with Crippen molar-refractivity contribution in [3.05, 3.63) is 47.0 Å². The molecule has 0 unspecified atom stereocenters. The summed E-state index contributed by atoms with van der Waals surface area (Å²) in [4.78, 5) is 16.3. The molecule has 0 aliphatic carbocycles. The monoisotopic (exact) mass is 492 g/mol. The summed E-state index contributed by atoms with van der Waals surface area (Å²) in [5.41, 5.74) is -0.00588. The molecule has 0 radical (unpaired) electrons. The molecule has 3 rings (SSSR count). The first-order chi connectivity index (χ1) is 14.9. The lowest BCUT2D eigenvalue weighted by atomic mass is 10.3. The smallest absolute Gasteiger partial charge is 0.392 e. The first-order valence-corrected chi connectivity index (χ1v) is 10.7. The number of hydrogen-bond donors (Lipinski definition) is 1. The first-order valence-electron chi connectivity index (χ1n) is 8.85. The van der Waals surface area contributed by atoms with Crippen molar-refractivity contribution < 1.29 is 31.1 Å². The maximum atomic E-state index is 12.5. The molecule has 32 heavy (non-hydrogen) atoms. The fraction of sp³-hybridized carbons (Fsp3) is 0.294. The molecule has 3 heterocycles. The minimum absolute atomic E-state index is 0.0630.